The Bertz CT molecular complexity index is 1320. The molecule has 144 valence electrons. The molecule has 3 aromatic carbocycles. The Morgan fingerprint density at radius 1 is 1.03 bits per heavy atom. The lowest BCUT2D eigenvalue weighted by atomic mass is 10.1. The zero-order valence-corrected chi connectivity index (χ0v) is 16.6. The number of nitrogens with one attached hydrogen (secondary N) is 1. The van der Waals surface area contributed by atoms with Gasteiger partial charge >= 0.3 is 0 Å². The van der Waals surface area contributed by atoms with E-state index >= 15 is 0 Å². The van der Waals surface area contributed by atoms with Crippen LogP contribution in [0, 0.1) is 4.77 Å². The molecule has 0 fully saturated rings. The molecular formula is C23H19N3O2S. The van der Waals surface area contributed by atoms with Gasteiger partial charge in [-0.25, -0.2) is 0 Å². The summed E-state index contributed by atoms with van der Waals surface area (Å²) in [6.45, 7) is 1.93. The minimum absolute atomic E-state index is 0.0642. The number of aromatic nitrogens is 2. The Balaban J connectivity index is 1.85. The molecule has 0 amide bonds. The summed E-state index contributed by atoms with van der Waals surface area (Å²) >= 11 is 5.35. The van der Waals surface area contributed by atoms with Crippen molar-refractivity contribution >= 4 is 29.2 Å². The fourth-order valence-corrected chi connectivity index (χ4v) is 3.56. The third-order valence-corrected chi connectivity index (χ3v) is 5.12. The summed E-state index contributed by atoms with van der Waals surface area (Å²) in [5, 5.41) is 12.8. The maximum atomic E-state index is 12.5. The third-order valence-electron chi connectivity index (χ3n) is 4.84. The Morgan fingerprint density at radius 3 is 2.52 bits per heavy atom. The zero-order valence-electron chi connectivity index (χ0n) is 15.7. The van der Waals surface area contributed by atoms with Gasteiger partial charge in [-0.05, 0) is 36.2 Å². The van der Waals surface area contributed by atoms with Crippen LogP contribution in [0.2, 0.25) is 0 Å². The lowest BCUT2D eigenvalue weighted by Gasteiger charge is -2.14. The fraction of sp³-hybridized carbons (Fsp3) is 0.0870. The molecule has 5 nitrogen and oxygen atoms in total. The average molecular weight is 401 g/mol. The van der Waals surface area contributed by atoms with Gasteiger partial charge in [0.15, 0.2) is 4.77 Å². The minimum atomic E-state index is -0.479. The number of H-pyrrole nitrogens is 1. The second-order valence-corrected chi connectivity index (χ2v) is 7.08. The Morgan fingerprint density at radius 2 is 1.72 bits per heavy atom. The third kappa shape index (κ3) is 3.62. The molecule has 0 aliphatic rings. The van der Waals surface area contributed by atoms with Gasteiger partial charge in [0.05, 0.1) is 11.7 Å². The summed E-state index contributed by atoms with van der Waals surface area (Å²) in [6.07, 6.45) is 1.40. The summed E-state index contributed by atoms with van der Waals surface area (Å²) in [6, 6.07) is 23.1. The molecule has 0 aliphatic carbocycles. The van der Waals surface area contributed by atoms with Crippen LogP contribution < -0.4 is 5.56 Å². The topological polar surface area (TPSA) is 70.4 Å². The van der Waals surface area contributed by atoms with E-state index in [1.807, 2.05) is 79.7 Å². The van der Waals surface area contributed by atoms with E-state index in [0.29, 0.717) is 5.69 Å². The van der Waals surface area contributed by atoms with E-state index in [4.69, 9.17) is 12.2 Å². The molecule has 0 bridgehead atoms. The first-order valence-electron chi connectivity index (χ1n) is 9.21. The van der Waals surface area contributed by atoms with Crippen molar-refractivity contribution in [3.63, 3.8) is 0 Å². The van der Waals surface area contributed by atoms with Gasteiger partial charge in [-0.15, -0.1) is 0 Å². The van der Waals surface area contributed by atoms with Crippen molar-refractivity contribution in [2.75, 3.05) is 0 Å². The van der Waals surface area contributed by atoms with Crippen molar-refractivity contribution in [1.82, 2.24) is 9.55 Å². The Hall–Kier alpha value is -3.51. The largest absolute Gasteiger partial charge is 0.494 e. The predicted octanol–water partition coefficient (Wildman–Crippen LogP) is 4.93. The van der Waals surface area contributed by atoms with Crippen LogP contribution in [0.15, 0.2) is 82.6 Å². The van der Waals surface area contributed by atoms with Gasteiger partial charge < -0.3 is 5.11 Å². The van der Waals surface area contributed by atoms with Gasteiger partial charge in [0.2, 0.25) is 5.88 Å². The number of hydrogen-bond acceptors (Lipinski definition) is 4. The minimum Gasteiger partial charge on any atom is -0.494 e. The Labute approximate surface area is 172 Å². The number of hydrogen-bond donors (Lipinski definition) is 2. The molecule has 4 rings (SSSR count). The number of rotatable bonds is 4. The smallest absolute Gasteiger partial charge is 0.264 e. The predicted molar refractivity (Wildman–Crippen MR) is 119 cm³/mol. The zero-order chi connectivity index (χ0) is 20.4. The lowest BCUT2D eigenvalue weighted by Crippen LogP contribution is -2.18. The molecule has 0 saturated carbocycles. The first-order chi connectivity index (χ1) is 14.1. The molecule has 1 heterocycles. The first kappa shape index (κ1) is 18.8. The molecule has 0 unspecified atom stereocenters. The highest BCUT2D eigenvalue weighted by atomic mass is 32.1. The van der Waals surface area contributed by atoms with Crippen molar-refractivity contribution in [3.05, 3.63) is 99.0 Å². The van der Waals surface area contributed by atoms with Gasteiger partial charge in [0, 0.05) is 11.6 Å². The number of aliphatic imine (C=N–C) groups is 1. The van der Waals surface area contributed by atoms with Crippen molar-refractivity contribution in [2.24, 2.45) is 4.99 Å². The van der Waals surface area contributed by atoms with E-state index in [2.05, 4.69) is 9.98 Å². The van der Waals surface area contributed by atoms with Crippen molar-refractivity contribution < 1.29 is 5.11 Å². The summed E-state index contributed by atoms with van der Waals surface area (Å²) < 4.78 is 1.59. The van der Waals surface area contributed by atoms with Gasteiger partial charge in [0.1, 0.15) is 5.56 Å². The summed E-state index contributed by atoms with van der Waals surface area (Å²) in [4.78, 5) is 19.6. The molecule has 0 radical (unpaired) electrons. The van der Waals surface area contributed by atoms with E-state index in [9.17, 15) is 9.90 Å². The molecule has 2 N–H and O–H groups in total. The van der Waals surface area contributed by atoms with E-state index in [1.54, 1.807) is 0 Å². The summed E-state index contributed by atoms with van der Waals surface area (Å²) in [7, 11) is 0. The normalized spacial score (nSPS) is 12.4. The van der Waals surface area contributed by atoms with Crippen LogP contribution in [0.5, 0.6) is 5.88 Å². The molecule has 1 atom stereocenters. The van der Waals surface area contributed by atoms with Crippen molar-refractivity contribution in [2.45, 2.75) is 13.0 Å². The SMILES string of the molecule is C[C@@H](N=Cc1c(O)n(-c2cccc3ccccc23)c(=S)[nH]c1=O)c1ccccc1. The standard InChI is InChI=1S/C23H19N3O2S/c1-15(16-8-3-2-4-9-16)24-14-19-21(27)25-23(29)26(22(19)28)20-13-7-11-17-10-5-6-12-18(17)20/h2-15,28H,1H3,(H,25,27,29)/t15-/m1/s1. The molecule has 29 heavy (non-hydrogen) atoms. The maximum Gasteiger partial charge on any atom is 0.264 e. The van der Waals surface area contributed by atoms with Crippen LogP contribution in [-0.2, 0) is 0 Å². The molecule has 1 aromatic heterocycles. The molecule has 0 aliphatic heterocycles. The number of benzene rings is 3. The van der Waals surface area contributed by atoms with Crippen molar-refractivity contribution in [1.29, 1.82) is 0 Å². The molecule has 0 spiro atoms. The summed E-state index contributed by atoms with van der Waals surface area (Å²) in [5.74, 6) is -0.237. The van der Waals surface area contributed by atoms with Crippen LogP contribution in [0.1, 0.15) is 24.1 Å². The van der Waals surface area contributed by atoms with Gasteiger partial charge in [-0.3, -0.25) is 19.3 Å². The average Bonchev–Trinajstić information content (AvgIpc) is 2.74. The summed E-state index contributed by atoms with van der Waals surface area (Å²) in [5.41, 5.74) is 1.29. The van der Waals surface area contributed by atoms with Crippen molar-refractivity contribution in [3.8, 4) is 11.6 Å². The first-order valence-corrected chi connectivity index (χ1v) is 9.61. The van der Waals surface area contributed by atoms with E-state index in [0.717, 1.165) is 16.3 Å². The number of nitrogens with zero attached hydrogens (tertiary/aromatic N) is 2. The molecule has 0 saturated heterocycles. The van der Waals surface area contributed by atoms with Crippen LogP contribution >= 0.6 is 12.2 Å². The molecular weight excluding hydrogens is 382 g/mol. The van der Waals surface area contributed by atoms with Crippen LogP contribution in [0.25, 0.3) is 16.5 Å². The van der Waals surface area contributed by atoms with E-state index in [1.165, 1.54) is 10.8 Å². The monoisotopic (exact) mass is 401 g/mol. The second-order valence-electron chi connectivity index (χ2n) is 6.70. The number of fused-ring (bicyclic) bond motifs is 1. The van der Waals surface area contributed by atoms with Crippen LogP contribution in [0.3, 0.4) is 0 Å². The highest BCUT2D eigenvalue weighted by molar-refractivity contribution is 7.71. The lowest BCUT2D eigenvalue weighted by molar-refractivity contribution is 0.433. The highest BCUT2D eigenvalue weighted by Crippen LogP contribution is 2.26. The molecule has 6 heteroatoms. The van der Waals surface area contributed by atoms with Crippen LogP contribution in [0.4, 0.5) is 0 Å². The van der Waals surface area contributed by atoms with Crippen LogP contribution in [-0.4, -0.2) is 20.9 Å². The quantitative estimate of drug-likeness (QED) is 0.376. The number of aromatic amines is 1. The van der Waals surface area contributed by atoms with Gasteiger partial charge in [-0.1, -0.05) is 66.7 Å². The Kier molecular flexibility index (Phi) is 5.10. The molecule has 4 aromatic rings. The fourth-order valence-electron chi connectivity index (χ4n) is 3.29. The second kappa shape index (κ2) is 7.85. The van der Waals surface area contributed by atoms with Gasteiger partial charge in [-0.2, -0.15) is 0 Å². The number of aromatic hydroxyl groups is 1. The highest BCUT2D eigenvalue weighted by Gasteiger charge is 2.14. The van der Waals surface area contributed by atoms with Gasteiger partial charge in [0.25, 0.3) is 5.56 Å². The van der Waals surface area contributed by atoms with E-state index in [-0.39, 0.29) is 22.3 Å². The van der Waals surface area contributed by atoms with E-state index < -0.39 is 5.56 Å². The maximum absolute atomic E-state index is 12.5.